The maximum absolute atomic E-state index is 11.4. The van der Waals surface area contributed by atoms with E-state index in [2.05, 4.69) is 5.32 Å². The number of carbonyl (C=O) groups excluding carboxylic acids is 1. The van der Waals surface area contributed by atoms with E-state index < -0.39 is 5.41 Å². The Bertz CT molecular complexity index is 189. The Balaban J connectivity index is 2.46. The van der Waals surface area contributed by atoms with Gasteiger partial charge in [0.2, 0.25) is 0 Å². The van der Waals surface area contributed by atoms with Gasteiger partial charge in [-0.05, 0) is 27.7 Å². The number of carbonyl (C=O) groups is 1. The molecular formula is C9H17NO2. The third-order valence-electron chi connectivity index (χ3n) is 1.95. The van der Waals surface area contributed by atoms with Crippen molar-refractivity contribution in [2.24, 2.45) is 5.41 Å². The molecule has 0 aliphatic carbocycles. The first-order valence-electron chi connectivity index (χ1n) is 4.28. The van der Waals surface area contributed by atoms with Gasteiger partial charge in [-0.2, -0.15) is 0 Å². The smallest absolute Gasteiger partial charge is 0.311 e. The van der Waals surface area contributed by atoms with Crippen LogP contribution in [0.5, 0.6) is 0 Å². The lowest BCUT2D eigenvalue weighted by Gasteiger charge is -2.40. The topological polar surface area (TPSA) is 38.3 Å². The summed E-state index contributed by atoms with van der Waals surface area (Å²) in [6.45, 7) is 9.09. The van der Waals surface area contributed by atoms with Crippen LogP contribution in [0.4, 0.5) is 0 Å². The number of hydrogen-bond acceptors (Lipinski definition) is 3. The fourth-order valence-corrected chi connectivity index (χ4v) is 0.926. The Morgan fingerprint density at radius 3 is 2.17 bits per heavy atom. The van der Waals surface area contributed by atoms with Gasteiger partial charge in [0.15, 0.2) is 0 Å². The highest BCUT2D eigenvalue weighted by molar-refractivity contribution is 5.75. The predicted molar refractivity (Wildman–Crippen MR) is 46.8 cm³/mol. The van der Waals surface area contributed by atoms with E-state index in [1.807, 2.05) is 27.7 Å². The van der Waals surface area contributed by atoms with Crippen molar-refractivity contribution in [1.82, 2.24) is 5.32 Å². The first kappa shape index (κ1) is 9.52. The molecule has 0 radical (unpaired) electrons. The molecule has 0 saturated carbocycles. The normalized spacial score (nSPS) is 21.3. The van der Waals surface area contributed by atoms with Crippen molar-refractivity contribution in [3.63, 3.8) is 0 Å². The summed E-state index contributed by atoms with van der Waals surface area (Å²) in [7, 11) is 0. The van der Waals surface area contributed by atoms with E-state index in [4.69, 9.17) is 4.74 Å². The average Bonchev–Trinajstić information content (AvgIpc) is 1.82. The molecule has 70 valence electrons. The quantitative estimate of drug-likeness (QED) is 0.597. The van der Waals surface area contributed by atoms with Crippen molar-refractivity contribution in [2.45, 2.75) is 33.3 Å². The highest BCUT2D eigenvalue weighted by atomic mass is 16.6. The number of rotatable bonds is 1. The third-order valence-corrected chi connectivity index (χ3v) is 1.95. The minimum Gasteiger partial charge on any atom is -0.456 e. The lowest BCUT2D eigenvalue weighted by atomic mass is 9.95. The number of hydrogen-bond donors (Lipinski definition) is 1. The Labute approximate surface area is 73.5 Å². The van der Waals surface area contributed by atoms with Gasteiger partial charge in [-0.1, -0.05) is 0 Å². The van der Waals surface area contributed by atoms with Crippen molar-refractivity contribution in [3.8, 4) is 0 Å². The van der Waals surface area contributed by atoms with Gasteiger partial charge in [0.1, 0.15) is 5.60 Å². The summed E-state index contributed by atoms with van der Waals surface area (Å²) in [5.74, 6) is -0.119. The predicted octanol–water partition coefficient (Wildman–Crippen LogP) is 0.938. The van der Waals surface area contributed by atoms with E-state index in [0.717, 1.165) is 13.1 Å². The molecule has 1 heterocycles. The molecule has 0 atom stereocenters. The van der Waals surface area contributed by atoms with Gasteiger partial charge in [-0.15, -0.1) is 0 Å². The minimum atomic E-state index is -0.390. The Morgan fingerprint density at radius 2 is 1.92 bits per heavy atom. The van der Waals surface area contributed by atoms with Crippen LogP contribution in [0.1, 0.15) is 27.7 Å². The van der Waals surface area contributed by atoms with Crippen LogP contribution in [0.15, 0.2) is 0 Å². The van der Waals surface area contributed by atoms with Gasteiger partial charge >= 0.3 is 5.97 Å². The third kappa shape index (κ3) is 1.97. The van der Waals surface area contributed by atoms with Crippen molar-refractivity contribution in [1.29, 1.82) is 0 Å². The summed E-state index contributed by atoms with van der Waals surface area (Å²) in [5.41, 5.74) is -0.650. The highest BCUT2D eigenvalue weighted by Crippen LogP contribution is 2.22. The van der Waals surface area contributed by atoms with Crippen LogP contribution in [0.3, 0.4) is 0 Å². The molecule has 1 rings (SSSR count). The molecule has 0 bridgehead atoms. The summed E-state index contributed by atoms with van der Waals surface area (Å²) < 4.78 is 5.34. The molecule has 0 aromatic carbocycles. The number of ether oxygens (including phenoxy) is 1. The van der Waals surface area contributed by atoms with Gasteiger partial charge in [-0.25, -0.2) is 0 Å². The molecule has 3 nitrogen and oxygen atoms in total. The van der Waals surface area contributed by atoms with Crippen LogP contribution in [0, 0.1) is 5.41 Å². The van der Waals surface area contributed by atoms with Crippen molar-refractivity contribution >= 4 is 5.97 Å². The molecule has 1 aliphatic heterocycles. The van der Waals surface area contributed by atoms with Crippen LogP contribution < -0.4 is 5.32 Å². The maximum atomic E-state index is 11.4. The molecule has 0 aromatic heterocycles. The molecule has 1 aliphatic rings. The van der Waals surface area contributed by atoms with E-state index in [1.54, 1.807) is 0 Å². The molecule has 0 unspecified atom stereocenters. The highest BCUT2D eigenvalue weighted by Gasteiger charge is 2.38. The van der Waals surface area contributed by atoms with Crippen molar-refractivity contribution in [3.05, 3.63) is 0 Å². The second kappa shape index (κ2) is 2.73. The first-order chi connectivity index (χ1) is 5.33. The Kier molecular flexibility index (Phi) is 2.17. The van der Waals surface area contributed by atoms with Gasteiger partial charge in [-0.3, -0.25) is 4.79 Å². The SMILES string of the molecule is CC1(OC(=O)C(C)(C)C)CNC1. The number of esters is 1. The Morgan fingerprint density at radius 1 is 1.42 bits per heavy atom. The largest absolute Gasteiger partial charge is 0.456 e. The maximum Gasteiger partial charge on any atom is 0.311 e. The zero-order chi connectivity index (χ0) is 9.41. The molecule has 0 spiro atoms. The number of nitrogens with one attached hydrogen (secondary N) is 1. The van der Waals surface area contributed by atoms with Gasteiger partial charge < -0.3 is 10.1 Å². The molecule has 12 heavy (non-hydrogen) atoms. The van der Waals surface area contributed by atoms with E-state index in [-0.39, 0.29) is 11.6 Å². The van der Waals surface area contributed by atoms with E-state index >= 15 is 0 Å². The van der Waals surface area contributed by atoms with Crippen LogP contribution in [-0.4, -0.2) is 24.7 Å². The summed E-state index contributed by atoms with van der Waals surface area (Å²) in [6, 6.07) is 0. The summed E-state index contributed by atoms with van der Waals surface area (Å²) in [6.07, 6.45) is 0. The van der Waals surface area contributed by atoms with Crippen LogP contribution in [-0.2, 0) is 9.53 Å². The molecule has 0 amide bonds. The van der Waals surface area contributed by atoms with Crippen LogP contribution in [0.25, 0.3) is 0 Å². The Hall–Kier alpha value is -0.570. The minimum absolute atomic E-state index is 0.119. The molecule has 1 fully saturated rings. The van der Waals surface area contributed by atoms with Crippen LogP contribution in [0.2, 0.25) is 0 Å². The van der Waals surface area contributed by atoms with Crippen LogP contribution >= 0.6 is 0 Å². The molecule has 3 heteroatoms. The van der Waals surface area contributed by atoms with Gasteiger partial charge in [0, 0.05) is 13.1 Å². The summed E-state index contributed by atoms with van der Waals surface area (Å²) in [5, 5.41) is 3.08. The van der Waals surface area contributed by atoms with Gasteiger partial charge in [0.25, 0.3) is 0 Å². The zero-order valence-electron chi connectivity index (χ0n) is 8.23. The van der Waals surface area contributed by atoms with E-state index in [9.17, 15) is 4.79 Å². The fraction of sp³-hybridized carbons (Fsp3) is 0.889. The summed E-state index contributed by atoms with van der Waals surface area (Å²) in [4.78, 5) is 11.4. The van der Waals surface area contributed by atoms with Gasteiger partial charge in [0.05, 0.1) is 5.41 Å². The fourth-order valence-electron chi connectivity index (χ4n) is 0.926. The van der Waals surface area contributed by atoms with Crippen molar-refractivity contribution < 1.29 is 9.53 Å². The molecule has 1 N–H and O–H groups in total. The van der Waals surface area contributed by atoms with E-state index in [1.165, 1.54) is 0 Å². The summed E-state index contributed by atoms with van der Waals surface area (Å²) >= 11 is 0. The van der Waals surface area contributed by atoms with E-state index in [0.29, 0.717) is 0 Å². The second-order valence-corrected chi connectivity index (χ2v) is 4.69. The average molecular weight is 171 g/mol. The lowest BCUT2D eigenvalue weighted by Crippen LogP contribution is -2.60. The lowest BCUT2D eigenvalue weighted by molar-refractivity contribution is -0.172. The molecule has 0 aromatic rings. The molecular weight excluding hydrogens is 154 g/mol. The zero-order valence-corrected chi connectivity index (χ0v) is 8.23. The molecule has 1 saturated heterocycles. The standard InChI is InChI=1S/C9H17NO2/c1-8(2,3)7(11)12-9(4)5-10-6-9/h10H,5-6H2,1-4H3. The second-order valence-electron chi connectivity index (χ2n) is 4.69. The monoisotopic (exact) mass is 171 g/mol. The van der Waals surface area contributed by atoms with Crippen molar-refractivity contribution in [2.75, 3.05) is 13.1 Å². The first-order valence-corrected chi connectivity index (χ1v) is 4.28.